The van der Waals surface area contributed by atoms with E-state index in [0.29, 0.717) is 15.4 Å². The quantitative estimate of drug-likeness (QED) is 0.576. The predicted octanol–water partition coefficient (Wildman–Crippen LogP) is 3.92. The van der Waals surface area contributed by atoms with Crippen LogP contribution in [0.15, 0.2) is 74.6 Å². The Morgan fingerprint density at radius 1 is 1.04 bits per heavy atom. The van der Waals surface area contributed by atoms with Crippen LogP contribution in [0.5, 0.6) is 0 Å². The minimum Gasteiger partial charge on any atom is -0.241 e. The number of sulfonamides is 1. The second-order valence-electron chi connectivity index (χ2n) is 5.31. The third-order valence-electron chi connectivity index (χ3n) is 3.52. The zero-order valence-corrected chi connectivity index (χ0v) is 17.1. The van der Waals surface area contributed by atoms with Crippen molar-refractivity contribution in [3.05, 3.63) is 75.4 Å². The molecule has 0 fully saturated rings. The summed E-state index contributed by atoms with van der Waals surface area (Å²) in [6.45, 7) is 0.271. The van der Waals surface area contributed by atoms with Gasteiger partial charge in [0.15, 0.2) is 0 Å². The van der Waals surface area contributed by atoms with E-state index in [1.807, 2.05) is 42.6 Å². The van der Waals surface area contributed by atoms with Crippen molar-refractivity contribution in [3.63, 3.8) is 0 Å². The van der Waals surface area contributed by atoms with Crippen molar-refractivity contribution in [3.8, 4) is 5.69 Å². The second kappa shape index (κ2) is 7.82. The lowest BCUT2D eigenvalue weighted by molar-refractivity contribution is 0.580. The number of aromatic nitrogens is 2. The number of nitrogens with zero attached hydrogens (tertiary/aromatic N) is 2. The van der Waals surface area contributed by atoms with Gasteiger partial charge in [0.25, 0.3) is 0 Å². The average molecular weight is 485 g/mol. The summed E-state index contributed by atoms with van der Waals surface area (Å²) in [4.78, 5) is 0.205. The molecular weight excluding hydrogens is 470 g/mol. The maximum atomic E-state index is 12.4. The van der Waals surface area contributed by atoms with E-state index >= 15 is 0 Å². The predicted molar refractivity (Wildman–Crippen MR) is 104 cm³/mol. The first kappa shape index (κ1) is 18.3. The minimum atomic E-state index is -3.59. The van der Waals surface area contributed by atoms with E-state index in [2.05, 4.69) is 41.7 Å². The van der Waals surface area contributed by atoms with Gasteiger partial charge in [0.2, 0.25) is 10.0 Å². The highest BCUT2D eigenvalue weighted by atomic mass is 79.9. The highest BCUT2D eigenvalue weighted by Crippen LogP contribution is 2.25. The lowest BCUT2D eigenvalue weighted by Crippen LogP contribution is -2.26. The van der Waals surface area contributed by atoms with Gasteiger partial charge in [0.1, 0.15) is 0 Å². The smallest absolute Gasteiger partial charge is 0.241 e. The van der Waals surface area contributed by atoms with Crippen LogP contribution >= 0.6 is 31.9 Å². The van der Waals surface area contributed by atoms with Crippen molar-refractivity contribution in [1.82, 2.24) is 14.5 Å². The standard InChI is InChI=1S/C17H15Br2N3O2S/c18-13-6-7-16(19)17(12-13)25(23,24)20-10-8-14-9-11-22(21-14)15-4-2-1-3-5-15/h1-7,9,11-12,20H,8,10H2. The highest BCUT2D eigenvalue weighted by molar-refractivity contribution is 9.11. The Kier molecular flexibility index (Phi) is 5.73. The lowest BCUT2D eigenvalue weighted by atomic mass is 10.3. The number of rotatable bonds is 6. The van der Waals surface area contributed by atoms with Gasteiger partial charge in [0, 0.05) is 28.1 Å². The molecule has 130 valence electrons. The molecule has 0 spiro atoms. The third-order valence-corrected chi connectivity index (χ3v) is 6.47. The Bertz CT molecular complexity index is 973. The zero-order chi connectivity index (χ0) is 17.9. The van der Waals surface area contributed by atoms with E-state index in [1.165, 1.54) is 0 Å². The van der Waals surface area contributed by atoms with Crippen LogP contribution in [0.3, 0.4) is 0 Å². The fourth-order valence-electron chi connectivity index (χ4n) is 2.29. The first-order chi connectivity index (χ1) is 12.0. The second-order valence-corrected chi connectivity index (χ2v) is 8.82. The number of halogens is 2. The monoisotopic (exact) mass is 483 g/mol. The van der Waals surface area contributed by atoms with E-state index in [1.54, 1.807) is 22.9 Å². The molecule has 3 aromatic rings. The van der Waals surface area contributed by atoms with Gasteiger partial charge >= 0.3 is 0 Å². The van der Waals surface area contributed by atoms with E-state index in [9.17, 15) is 8.42 Å². The molecule has 2 aromatic carbocycles. The summed E-state index contributed by atoms with van der Waals surface area (Å²) < 4.78 is 30.5. The lowest BCUT2D eigenvalue weighted by Gasteiger charge is -2.08. The molecule has 0 saturated carbocycles. The topological polar surface area (TPSA) is 64.0 Å². The largest absolute Gasteiger partial charge is 0.241 e. The van der Waals surface area contributed by atoms with Crippen LogP contribution in [0.2, 0.25) is 0 Å². The van der Waals surface area contributed by atoms with Crippen molar-refractivity contribution >= 4 is 41.9 Å². The van der Waals surface area contributed by atoms with Crippen LogP contribution in [0.25, 0.3) is 5.69 Å². The molecule has 1 aromatic heterocycles. The van der Waals surface area contributed by atoms with E-state index in [0.717, 1.165) is 11.4 Å². The molecule has 0 aliphatic carbocycles. The summed E-state index contributed by atoms with van der Waals surface area (Å²) in [5, 5.41) is 4.47. The van der Waals surface area contributed by atoms with Gasteiger partial charge in [-0.3, -0.25) is 0 Å². The number of para-hydroxylation sites is 1. The van der Waals surface area contributed by atoms with Crippen LogP contribution in [0, 0.1) is 0 Å². The van der Waals surface area contributed by atoms with Crippen molar-refractivity contribution in [2.75, 3.05) is 6.54 Å². The molecule has 8 heteroatoms. The Morgan fingerprint density at radius 2 is 1.80 bits per heavy atom. The molecule has 0 radical (unpaired) electrons. The highest BCUT2D eigenvalue weighted by Gasteiger charge is 2.17. The first-order valence-corrected chi connectivity index (χ1v) is 10.6. The van der Waals surface area contributed by atoms with Gasteiger partial charge < -0.3 is 0 Å². The van der Waals surface area contributed by atoms with Crippen LogP contribution in [-0.2, 0) is 16.4 Å². The summed E-state index contributed by atoms with van der Waals surface area (Å²) in [5.74, 6) is 0. The molecule has 3 rings (SSSR count). The Balaban J connectivity index is 1.65. The molecule has 25 heavy (non-hydrogen) atoms. The molecule has 0 saturated heterocycles. The maximum Gasteiger partial charge on any atom is 0.241 e. The van der Waals surface area contributed by atoms with E-state index < -0.39 is 10.0 Å². The normalized spacial score (nSPS) is 11.6. The van der Waals surface area contributed by atoms with Crippen molar-refractivity contribution in [2.24, 2.45) is 0 Å². The molecule has 0 unspecified atom stereocenters. The summed E-state index contributed by atoms with van der Waals surface area (Å²) in [7, 11) is -3.59. The maximum absolute atomic E-state index is 12.4. The number of benzene rings is 2. The summed E-state index contributed by atoms with van der Waals surface area (Å²) in [5.41, 5.74) is 1.78. The summed E-state index contributed by atoms with van der Waals surface area (Å²) >= 11 is 6.57. The molecule has 0 aliphatic heterocycles. The summed E-state index contributed by atoms with van der Waals surface area (Å²) in [6.07, 6.45) is 2.37. The van der Waals surface area contributed by atoms with Crippen molar-refractivity contribution in [2.45, 2.75) is 11.3 Å². The Hall–Kier alpha value is -1.48. The number of hydrogen-bond acceptors (Lipinski definition) is 3. The van der Waals surface area contributed by atoms with Crippen LogP contribution in [0.4, 0.5) is 0 Å². The molecule has 1 N–H and O–H groups in total. The van der Waals surface area contributed by atoms with Gasteiger partial charge in [-0.2, -0.15) is 5.10 Å². The zero-order valence-electron chi connectivity index (χ0n) is 13.1. The van der Waals surface area contributed by atoms with Gasteiger partial charge in [-0.05, 0) is 52.3 Å². The van der Waals surface area contributed by atoms with Gasteiger partial charge in [-0.25, -0.2) is 17.8 Å². The van der Waals surface area contributed by atoms with Gasteiger partial charge in [-0.1, -0.05) is 34.1 Å². The molecule has 0 atom stereocenters. The van der Waals surface area contributed by atoms with E-state index in [-0.39, 0.29) is 11.4 Å². The van der Waals surface area contributed by atoms with E-state index in [4.69, 9.17) is 0 Å². The molecule has 5 nitrogen and oxygen atoms in total. The third kappa shape index (κ3) is 4.58. The molecule has 0 bridgehead atoms. The Morgan fingerprint density at radius 3 is 2.56 bits per heavy atom. The molecular formula is C17H15Br2N3O2S. The number of nitrogens with one attached hydrogen (secondary N) is 1. The van der Waals surface area contributed by atoms with Gasteiger partial charge in [0.05, 0.1) is 16.3 Å². The minimum absolute atomic E-state index is 0.205. The molecule has 1 heterocycles. The van der Waals surface area contributed by atoms with Crippen LogP contribution < -0.4 is 4.72 Å². The fourth-order valence-corrected chi connectivity index (χ4v) is 4.83. The van der Waals surface area contributed by atoms with Crippen molar-refractivity contribution in [1.29, 1.82) is 0 Å². The van der Waals surface area contributed by atoms with Crippen LogP contribution in [-0.4, -0.2) is 24.7 Å². The average Bonchev–Trinajstić information content (AvgIpc) is 3.06. The molecule has 0 amide bonds. The Labute approximate surface area is 163 Å². The SMILES string of the molecule is O=S(=O)(NCCc1ccn(-c2ccccc2)n1)c1cc(Br)ccc1Br. The van der Waals surface area contributed by atoms with Crippen LogP contribution in [0.1, 0.15) is 5.69 Å². The van der Waals surface area contributed by atoms with Gasteiger partial charge in [-0.15, -0.1) is 0 Å². The fraction of sp³-hybridized carbons (Fsp3) is 0.118. The molecule has 0 aliphatic rings. The number of hydrogen-bond donors (Lipinski definition) is 1. The summed E-state index contributed by atoms with van der Waals surface area (Å²) in [6, 6.07) is 16.7. The van der Waals surface area contributed by atoms with Crippen molar-refractivity contribution < 1.29 is 8.42 Å². The first-order valence-electron chi connectivity index (χ1n) is 7.50.